The number of aliphatic hydroxyl groups excluding tert-OH is 1. The number of hydrogen-bond donors (Lipinski definition) is 2. The number of amides is 1. The number of nitrogens with zero attached hydrogens (tertiary/aromatic N) is 1. The van der Waals surface area contributed by atoms with Gasteiger partial charge in [-0.3, -0.25) is 4.79 Å². The maximum absolute atomic E-state index is 13.3. The lowest BCUT2D eigenvalue weighted by Gasteiger charge is -2.10. The molecule has 158 valence electrons. The highest BCUT2D eigenvalue weighted by Gasteiger charge is 2.16. The molecule has 0 radical (unpaired) electrons. The Hall–Kier alpha value is -4.04. The number of esters is 1. The molecule has 0 aliphatic heterocycles. The number of ether oxygens (including phenoxy) is 2. The van der Waals surface area contributed by atoms with Crippen molar-refractivity contribution in [1.29, 1.82) is 0 Å². The lowest BCUT2D eigenvalue weighted by Crippen LogP contribution is -2.25. The third-order valence-corrected chi connectivity index (χ3v) is 4.20. The van der Waals surface area contributed by atoms with E-state index < -0.39 is 23.8 Å². The topological polar surface area (TPSA) is 97.2 Å². The van der Waals surface area contributed by atoms with Crippen molar-refractivity contribution < 1.29 is 28.6 Å². The molecule has 0 aromatic heterocycles. The lowest BCUT2D eigenvalue weighted by molar-refractivity contribution is -0.129. The Morgan fingerprint density at radius 1 is 1.03 bits per heavy atom. The fourth-order valence-electron chi connectivity index (χ4n) is 2.64. The second-order valence-electron chi connectivity index (χ2n) is 6.36. The minimum atomic E-state index is -1.35. The van der Waals surface area contributed by atoms with Crippen LogP contribution in [-0.2, 0) is 4.79 Å². The maximum Gasteiger partial charge on any atom is 0.343 e. The quantitative estimate of drug-likeness (QED) is 0.264. The summed E-state index contributed by atoms with van der Waals surface area (Å²) in [6.07, 6.45) is -0.00598. The molecule has 31 heavy (non-hydrogen) atoms. The van der Waals surface area contributed by atoms with Gasteiger partial charge in [-0.05, 0) is 47.5 Å². The third-order valence-electron chi connectivity index (χ3n) is 4.20. The third kappa shape index (κ3) is 5.74. The molecule has 0 unspecified atom stereocenters. The molecule has 1 amide bonds. The summed E-state index contributed by atoms with van der Waals surface area (Å²) in [6.45, 7) is 0. The van der Waals surface area contributed by atoms with Gasteiger partial charge < -0.3 is 14.6 Å². The van der Waals surface area contributed by atoms with Crippen LogP contribution in [0.1, 0.15) is 27.6 Å². The van der Waals surface area contributed by atoms with Gasteiger partial charge in [-0.2, -0.15) is 5.10 Å². The van der Waals surface area contributed by atoms with Crippen molar-refractivity contribution in [3.63, 3.8) is 0 Å². The van der Waals surface area contributed by atoms with Gasteiger partial charge in [0.1, 0.15) is 5.82 Å². The Kier molecular flexibility index (Phi) is 7.08. The van der Waals surface area contributed by atoms with Gasteiger partial charge in [-0.25, -0.2) is 14.6 Å². The molecule has 8 heteroatoms. The zero-order chi connectivity index (χ0) is 22.2. The van der Waals surface area contributed by atoms with E-state index in [1.807, 2.05) is 0 Å². The van der Waals surface area contributed by atoms with Crippen molar-refractivity contribution >= 4 is 18.1 Å². The van der Waals surface area contributed by atoms with E-state index in [-0.39, 0.29) is 17.1 Å². The number of carbonyl (C=O) groups is 2. The molecule has 3 aromatic rings. The van der Waals surface area contributed by atoms with Crippen molar-refractivity contribution in [3.8, 4) is 11.5 Å². The molecule has 3 rings (SSSR count). The van der Waals surface area contributed by atoms with Gasteiger partial charge in [0.2, 0.25) is 0 Å². The van der Waals surface area contributed by atoms with Gasteiger partial charge in [-0.1, -0.05) is 36.4 Å². The second kappa shape index (κ2) is 10.1. The first-order chi connectivity index (χ1) is 15.0. The van der Waals surface area contributed by atoms with Crippen LogP contribution in [0.2, 0.25) is 0 Å². The number of hydrazone groups is 1. The highest BCUT2D eigenvalue weighted by molar-refractivity contribution is 5.91. The highest BCUT2D eigenvalue weighted by atomic mass is 19.1. The Morgan fingerprint density at radius 3 is 2.52 bits per heavy atom. The smallest absolute Gasteiger partial charge is 0.343 e. The van der Waals surface area contributed by atoms with Crippen LogP contribution in [0.4, 0.5) is 4.39 Å². The molecular formula is C23H19FN2O5. The van der Waals surface area contributed by atoms with E-state index in [4.69, 9.17) is 9.47 Å². The van der Waals surface area contributed by atoms with Crippen LogP contribution in [0.3, 0.4) is 0 Å². The van der Waals surface area contributed by atoms with Crippen molar-refractivity contribution in [3.05, 3.63) is 95.3 Å². The molecule has 3 aromatic carbocycles. The molecule has 0 aliphatic rings. The van der Waals surface area contributed by atoms with Crippen molar-refractivity contribution in [2.45, 2.75) is 6.10 Å². The summed E-state index contributed by atoms with van der Waals surface area (Å²) in [4.78, 5) is 24.2. The molecule has 1 atom stereocenters. The predicted octanol–water partition coefficient (Wildman–Crippen LogP) is 3.24. The summed E-state index contributed by atoms with van der Waals surface area (Å²) in [5.41, 5.74) is 3.31. The molecule has 0 saturated heterocycles. The molecule has 0 saturated carbocycles. The summed E-state index contributed by atoms with van der Waals surface area (Å²) in [5.74, 6) is -1.59. The molecule has 0 bridgehead atoms. The van der Waals surface area contributed by atoms with Crippen LogP contribution in [0.25, 0.3) is 0 Å². The SMILES string of the molecule is COc1cc(/C=N\NC(=O)[C@H](O)c2ccccc2)ccc1OC(=O)c1cccc(F)c1. The number of carbonyl (C=O) groups excluding carboxylic acids is 2. The van der Waals surface area contributed by atoms with E-state index in [9.17, 15) is 19.1 Å². The first-order valence-corrected chi connectivity index (χ1v) is 9.19. The first kappa shape index (κ1) is 21.7. The van der Waals surface area contributed by atoms with Gasteiger partial charge in [0.05, 0.1) is 18.9 Å². The minimum absolute atomic E-state index is 0.0624. The van der Waals surface area contributed by atoms with Crippen molar-refractivity contribution in [1.82, 2.24) is 5.43 Å². The van der Waals surface area contributed by atoms with Crippen LogP contribution in [-0.4, -0.2) is 30.3 Å². The first-order valence-electron chi connectivity index (χ1n) is 9.19. The molecule has 0 heterocycles. The van der Waals surface area contributed by atoms with Crippen LogP contribution >= 0.6 is 0 Å². The van der Waals surface area contributed by atoms with E-state index in [1.54, 1.807) is 36.4 Å². The van der Waals surface area contributed by atoms with Gasteiger partial charge in [-0.15, -0.1) is 0 Å². The number of aliphatic hydroxyl groups is 1. The van der Waals surface area contributed by atoms with Crippen molar-refractivity contribution in [2.75, 3.05) is 7.11 Å². The Morgan fingerprint density at radius 2 is 1.81 bits per heavy atom. The molecule has 2 N–H and O–H groups in total. The number of benzene rings is 3. The van der Waals surface area contributed by atoms with Crippen LogP contribution in [0.15, 0.2) is 77.9 Å². The van der Waals surface area contributed by atoms with E-state index in [1.165, 1.54) is 43.7 Å². The zero-order valence-corrected chi connectivity index (χ0v) is 16.5. The number of hydrogen-bond acceptors (Lipinski definition) is 6. The molecule has 0 fully saturated rings. The highest BCUT2D eigenvalue weighted by Crippen LogP contribution is 2.28. The summed E-state index contributed by atoms with van der Waals surface area (Å²) in [6, 6.07) is 18.2. The fourth-order valence-corrected chi connectivity index (χ4v) is 2.64. The van der Waals surface area contributed by atoms with Crippen LogP contribution < -0.4 is 14.9 Å². The van der Waals surface area contributed by atoms with Gasteiger partial charge >= 0.3 is 5.97 Å². The number of nitrogens with one attached hydrogen (secondary N) is 1. The molecule has 0 aliphatic carbocycles. The molecule has 7 nitrogen and oxygen atoms in total. The summed E-state index contributed by atoms with van der Waals surface area (Å²) in [7, 11) is 1.40. The van der Waals surface area contributed by atoms with Crippen LogP contribution in [0, 0.1) is 5.82 Å². The monoisotopic (exact) mass is 422 g/mol. The van der Waals surface area contributed by atoms with E-state index >= 15 is 0 Å². The van der Waals surface area contributed by atoms with Gasteiger partial charge in [0.15, 0.2) is 17.6 Å². The lowest BCUT2D eigenvalue weighted by atomic mass is 10.1. The van der Waals surface area contributed by atoms with Crippen molar-refractivity contribution in [2.24, 2.45) is 5.10 Å². The maximum atomic E-state index is 13.3. The average molecular weight is 422 g/mol. The fraction of sp³-hybridized carbons (Fsp3) is 0.0870. The Bertz CT molecular complexity index is 1100. The number of rotatable bonds is 7. The number of methoxy groups -OCH3 is 1. The van der Waals surface area contributed by atoms with Gasteiger partial charge in [0, 0.05) is 0 Å². The summed E-state index contributed by atoms with van der Waals surface area (Å²) >= 11 is 0. The predicted molar refractivity (Wildman–Crippen MR) is 111 cm³/mol. The summed E-state index contributed by atoms with van der Waals surface area (Å²) in [5, 5.41) is 13.8. The van der Waals surface area contributed by atoms with Crippen LogP contribution in [0.5, 0.6) is 11.5 Å². The standard InChI is InChI=1S/C23H19FN2O5/c1-30-20-12-15(14-25-26-22(28)21(27)16-6-3-2-4-7-16)10-11-19(20)31-23(29)17-8-5-9-18(24)13-17/h2-14,21,27H,1H3,(H,26,28)/b25-14-/t21-/m1/s1. The summed E-state index contributed by atoms with van der Waals surface area (Å²) < 4.78 is 23.8. The van der Waals surface area contributed by atoms with E-state index in [2.05, 4.69) is 10.5 Å². The minimum Gasteiger partial charge on any atom is -0.493 e. The normalized spacial score (nSPS) is 11.7. The Labute approximate surface area is 177 Å². The zero-order valence-electron chi connectivity index (χ0n) is 16.5. The Balaban J connectivity index is 1.65. The van der Waals surface area contributed by atoms with E-state index in [0.717, 1.165) is 6.07 Å². The molecular weight excluding hydrogens is 403 g/mol. The second-order valence-corrected chi connectivity index (χ2v) is 6.36. The largest absolute Gasteiger partial charge is 0.493 e. The number of halogens is 1. The van der Waals surface area contributed by atoms with E-state index in [0.29, 0.717) is 11.1 Å². The van der Waals surface area contributed by atoms with Gasteiger partial charge in [0.25, 0.3) is 5.91 Å². The average Bonchev–Trinajstić information content (AvgIpc) is 2.79. The molecule has 0 spiro atoms.